The number of aromatic nitrogens is 1. The number of nitrogens with zero attached hydrogens (tertiary/aromatic N) is 2. The van der Waals surface area contributed by atoms with Crippen LogP contribution in [-0.2, 0) is 6.61 Å². The van der Waals surface area contributed by atoms with Crippen LogP contribution in [0.2, 0.25) is 0 Å². The molecule has 3 aliphatic rings. The Balaban J connectivity index is 1.88. The number of piperidine rings is 3. The van der Waals surface area contributed by atoms with Gasteiger partial charge in [0, 0.05) is 23.7 Å². The molecule has 18 heavy (non-hydrogen) atoms. The van der Waals surface area contributed by atoms with Crippen LogP contribution in [0.5, 0.6) is 5.88 Å². The minimum Gasteiger partial charge on any atom is -0.481 e. The second-order valence-electron chi connectivity index (χ2n) is 5.31. The number of pyridine rings is 1. The number of aliphatic hydroxyl groups is 1. The van der Waals surface area contributed by atoms with E-state index in [2.05, 4.69) is 16.0 Å². The van der Waals surface area contributed by atoms with Crippen molar-refractivity contribution < 1.29 is 9.84 Å². The lowest BCUT2D eigenvalue weighted by atomic mass is 9.77. The summed E-state index contributed by atoms with van der Waals surface area (Å²) in [6, 6.07) is 4.00. The number of fused-ring (bicyclic) bond motifs is 3. The third-order valence-corrected chi connectivity index (χ3v) is 4.36. The maximum atomic E-state index is 9.23. The van der Waals surface area contributed by atoms with Crippen LogP contribution in [0.4, 0.5) is 0 Å². The van der Waals surface area contributed by atoms with Gasteiger partial charge in [-0.15, -0.1) is 0 Å². The molecule has 1 N–H and O–H groups in total. The van der Waals surface area contributed by atoms with Crippen molar-refractivity contribution in [3.8, 4) is 5.88 Å². The number of aliphatic hydroxyl groups excluding tert-OH is 1. The zero-order valence-electron chi connectivity index (χ0n) is 10.8. The zero-order chi connectivity index (χ0) is 12.5. The molecule has 0 amide bonds. The normalized spacial score (nSPS) is 30.4. The van der Waals surface area contributed by atoms with E-state index in [1.54, 1.807) is 7.11 Å². The molecule has 0 saturated carbocycles. The van der Waals surface area contributed by atoms with Crippen molar-refractivity contribution in [1.29, 1.82) is 0 Å². The maximum Gasteiger partial charge on any atom is 0.218 e. The van der Waals surface area contributed by atoms with Crippen molar-refractivity contribution in [2.24, 2.45) is 5.92 Å². The van der Waals surface area contributed by atoms with Gasteiger partial charge in [-0.3, -0.25) is 0 Å². The minimum atomic E-state index is -0.0172. The molecule has 3 saturated heterocycles. The summed E-state index contributed by atoms with van der Waals surface area (Å²) in [4.78, 5) is 7.12. The number of methoxy groups -OCH3 is 1. The van der Waals surface area contributed by atoms with E-state index in [9.17, 15) is 5.11 Å². The molecule has 1 unspecified atom stereocenters. The first-order valence-electron chi connectivity index (χ1n) is 6.69. The summed E-state index contributed by atoms with van der Waals surface area (Å²) < 4.78 is 5.26. The quantitative estimate of drug-likeness (QED) is 0.878. The number of hydrogen-bond acceptors (Lipinski definition) is 4. The van der Waals surface area contributed by atoms with Gasteiger partial charge < -0.3 is 14.7 Å². The molecule has 4 nitrogen and oxygen atoms in total. The van der Waals surface area contributed by atoms with Crippen LogP contribution in [-0.4, -0.2) is 41.7 Å². The summed E-state index contributed by atoms with van der Waals surface area (Å²) in [5, 5.41) is 9.23. The predicted octanol–water partition coefficient (Wildman–Crippen LogP) is 1.39. The molecule has 4 rings (SSSR count). The molecule has 1 atom stereocenters. The molecule has 0 radical (unpaired) electrons. The van der Waals surface area contributed by atoms with Crippen LogP contribution in [0.25, 0.3) is 0 Å². The van der Waals surface area contributed by atoms with Crippen LogP contribution in [0.15, 0.2) is 12.1 Å². The van der Waals surface area contributed by atoms with Gasteiger partial charge in [-0.25, -0.2) is 4.98 Å². The van der Waals surface area contributed by atoms with E-state index in [1.165, 1.54) is 25.9 Å². The summed E-state index contributed by atoms with van der Waals surface area (Å²) in [6.07, 6.45) is 2.58. The Kier molecular flexibility index (Phi) is 3.22. The molecule has 4 heteroatoms. The van der Waals surface area contributed by atoms with Gasteiger partial charge >= 0.3 is 0 Å². The van der Waals surface area contributed by atoms with E-state index >= 15 is 0 Å². The Morgan fingerprint density at radius 3 is 2.72 bits per heavy atom. The lowest BCUT2D eigenvalue weighted by Crippen LogP contribution is -2.46. The van der Waals surface area contributed by atoms with Crippen molar-refractivity contribution in [2.45, 2.75) is 25.4 Å². The Hall–Kier alpha value is -1.13. The topological polar surface area (TPSA) is 45.6 Å². The average Bonchev–Trinajstić information content (AvgIpc) is 2.47. The second kappa shape index (κ2) is 4.86. The average molecular weight is 248 g/mol. The molecule has 4 heterocycles. The molecule has 0 aromatic carbocycles. The van der Waals surface area contributed by atoms with Gasteiger partial charge in [0.15, 0.2) is 0 Å². The van der Waals surface area contributed by atoms with Crippen molar-refractivity contribution >= 4 is 0 Å². The smallest absolute Gasteiger partial charge is 0.218 e. The van der Waals surface area contributed by atoms with Gasteiger partial charge in [-0.05, 0) is 44.0 Å². The van der Waals surface area contributed by atoms with Gasteiger partial charge in [0.25, 0.3) is 0 Å². The van der Waals surface area contributed by atoms with E-state index in [-0.39, 0.29) is 6.61 Å². The molecule has 1 aromatic heterocycles. The number of hydrogen-bond donors (Lipinski definition) is 1. The van der Waals surface area contributed by atoms with Crippen LogP contribution >= 0.6 is 0 Å². The predicted molar refractivity (Wildman–Crippen MR) is 68.6 cm³/mol. The highest BCUT2D eigenvalue weighted by Gasteiger charge is 2.35. The Bertz CT molecular complexity index is 428. The van der Waals surface area contributed by atoms with Crippen LogP contribution in [0.3, 0.4) is 0 Å². The molecule has 0 spiro atoms. The van der Waals surface area contributed by atoms with E-state index in [1.807, 2.05) is 6.07 Å². The molecule has 2 bridgehead atoms. The highest BCUT2D eigenvalue weighted by atomic mass is 16.5. The van der Waals surface area contributed by atoms with Crippen LogP contribution < -0.4 is 4.74 Å². The zero-order valence-corrected chi connectivity index (χ0v) is 10.8. The second-order valence-corrected chi connectivity index (χ2v) is 5.31. The Morgan fingerprint density at radius 2 is 2.17 bits per heavy atom. The Labute approximate surface area is 108 Å². The monoisotopic (exact) mass is 248 g/mol. The minimum absolute atomic E-state index is 0.0172. The highest BCUT2D eigenvalue weighted by molar-refractivity contribution is 5.29. The van der Waals surface area contributed by atoms with Crippen molar-refractivity contribution in [3.63, 3.8) is 0 Å². The summed E-state index contributed by atoms with van der Waals surface area (Å²) >= 11 is 0. The Morgan fingerprint density at radius 1 is 1.39 bits per heavy atom. The maximum absolute atomic E-state index is 9.23. The van der Waals surface area contributed by atoms with Gasteiger partial charge in [0.1, 0.15) is 0 Å². The molecule has 0 aliphatic carbocycles. The first-order valence-corrected chi connectivity index (χ1v) is 6.69. The first-order chi connectivity index (χ1) is 8.81. The third kappa shape index (κ3) is 1.99. The molecular formula is C14H20N2O2. The van der Waals surface area contributed by atoms with E-state index < -0.39 is 0 Å². The van der Waals surface area contributed by atoms with E-state index in [0.717, 1.165) is 23.7 Å². The fourth-order valence-corrected chi connectivity index (χ4v) is 3.29. The number of ether oxygens (including phenoxy) is 1. The van der Waals surface area contributed by atoms with Crippen molar-refractivity contribution in [2.75, 3.05) is 26.7 Å². The van der Waals surface area contributed by atoms with E-state index in [4.69, 9.17) is 4.74 Å². The highest BCUT2D eigenvalue weighted by Crippen LogP contribution is 2.38. The van der Waals surface area contributed by atoms with Crippen molar-refractivity contribution in [1.82, 2.24) is 9.88 Å². The van der Waals surface area contributed by atoms with E-state index in [0.29, 0.717) is 11.8 Å². The van der Waals surface area contributed by atoms with Gasteiger partial charge in [-0.1, -0.05) is 0 Å². The SMILES string of the molecule is COc1nc(C2CN3CCC2CC3)ccc1CO. The molecule has 3 fully saturated rings. The summed E-state index contributed by atoms with van der Waals surface area (Å²) in [7, 11) is 1.61. The summed E-state index contributed by atoms with van der Waals surface area (Å²) in [6.45, 7) is 3.59. The fourth-order valence-electron chi connectivity index (χ4n) is 3.29. The lowest BCUT2D eigenvalue weighted by Gasteiger charge is -2.44. The molecule has 98 valence electrons. The largest absolute Gasteiger partial charge is 0.481 e. The summed E-state index contributed by atoms with van der Waals surface area (Å²) in [5.74, 6) is 1.88. The van der Waals surface area contributed by atoms with Gasteiger partial charge in [0.05, 0.1) is 13.7 Å². The number of rotatable bonds is 3. The van der Waals surface area contributed by atoms with Crippen LogP contribution in [0, 0.1) is 5.92 Å². The summed E-state index contributed by atoms with van der Waals surface area (Å²) in [5.41, 5.74) is 1.89. The van der Waals surface area contributed by atoms with Gasteiger partial charge in [-0.2, -0.15) is 0 Å². The lowest BCUT2D eigenvalue weighted by molar-refractivity contribution is 0.0851. The first kappa shape index (κ1) is 11.9. The molecule has 1 aromatic rings. The standard InChI is InChI=1S/C14H20N2O2/c1-18-14-11(9-17)2-3-13(15-14)12-8-16-6-4-10(12)5-7-16/h2-3,10,12,17H,4-9H2,1H3. The molecular weight excluding hydrogens is 228 g/mol. The molecule has 3 aliphatic heterocycles. The van der Waals surface area contributed by atoms with Crippen molar-refractivity contribution in [3.05, 3.63) is 23.4 Å². The van der Waals surface area contributed by atoms with Gasteiger partial charge in [0.2, 0.25) is 5.88 Å². The van der Waals surface area contributed by atoms with Crippen LogP contribution in [0.1, 0.15) is 30.0 Å². The fraction of sp³-hybridized carbons (Fsp3) is 0.643. The third-order valence-electron chi connectivity index (χ3n) is 4.36.